The van der Waals surface area contributed by atoms with E-state index in [1.807, 2.05) is 13.8 Å². The minimum atomic E-state index is -3.64. The fraction of sp³-hybridized carbons (Fsp3) is 0.333. The zero-order chi connectivity index (χ0) is 15.5. The van der Waals surface area contributed by atoms with Crippen molar-refractivity contribution in [1.29, 1.82) is 0 Å². The summed E-state index contributed by atoms with van der Waals surface area (Å²) < 4.78 is 32.5. The molecule has 2 heterocycles. The molecule has 2 rings (SSSR count). The molecule has 0 bridgehead atoms. The molecule has 0 fully saturated rings. The number of nitrogens with zero attached hydrogens (tertiary/aromatic N) is 2. The molecule has 0 saturated heterocycles. The van der Waals surface area contributed by atoms with Gasteiger partial charge in [0.2, 0.25) is 5.88 Å². The van der Waals surface area contributed by atoms with Crippen molar-refractivity contribution >= 4 is 33.0 Å². The van der Waals surface area contributed by atoms with Crippen molar-refractivity contribution in [3.05, 3.63) is 34.6 Å². The molecule has 0 atom stereocenters. The standard InChI is InChI=1S/C12H14ClN3O3S2/c1-8(2)19-11-9(4-3-5-14-11)6-16-21(17,18)10-7-15-12(13)20-10/h3-5,7-8,16H,6H2,1-2H3. The van der Waals surface area contributed by atoms with Crippen LogP contribution in [-0.4, -0.2) is 24.5 Å². The van der Waals surface area contributed by atoms with Gasteiger partial charge in [-0.05, 0) is 19.9 Å². The highest BCUT2D eigenvalue weighted by molar-refractivity contribution is 7.91. The first kappa shape index (κ1) is 16.2. The van der Waals surface area contributed by atoms with Crippen molar-refractivity contribution in [1.82, 2.24) is 14.7 Å². The number of pyridine rings is 1. The molecule has 21 heavy (non-hydrogen) atoms. The Balaban J connectivity index is 2.13. The number of ether oxygens (including phenoxy) is 1. The highest BCUT2D eigenvalue weighted by Crippen LogP contribution is 2.23. The van der Waals surface area contributed by atoms with E-state index in [2.05, 4.69) is 14.7 Å². The summed E-state index contributed by atoms with van der Waals surface area (Å²) in [5.41, 5.74) is 0.658. The molecular formula is C12H14ClN3O3S2. The Hall–Kier alpha value is -1.22. The molecule has 0 spiro atoms. The number of halogens is 1. The first-order valence-corrected chi connectivity index (χ1v) is 8.78. The van der Waals surface area contributed by atoms with Gasteiger partial charge in [0, 0.05) is 18.3 Å². The number of rotatable bonds is 6. The third-order valence-corrected chi connectivity index (χ3v) is 5.35. The van der Waals surface area contributed by atoms with E-state index in [4.69, 9.17) is 16.3 Å². The smallest absolute Gasteiger partial charge is 0.252 e. The van der Waals surface area contributed by atoms with E-state index in [9.17, 15) is 8.42 Å². The lowest BCUT2D eigenvalue weighted by molar-refractivity contribution is 0.230. The first-order chi connectivity index (χ1) is 9.88. The molecule has 0 aromatic carbocycles. The molecule has 1 N–H and O–H groups in total. The molecular weight excluding hydrogens is 334 g/mol. The van der Waals surface area contributed by atoms with Crippen LogP contribution in [0.1, 0.15) is 19.4 Å². The topological polar surface area (TPSA) is 81.2 Å². The van der Waals surface area contributed by atoms with Crippen molar-refractivity contribution in [2.24, 2.45) is 0 Å². The maximum Gasteiger partial charge on any atom is 0.252 e. The van der Waals surface area contributed by atoms with Crippen molar-refractivity contribution in [3.63, 3.8) is 0 Å². The average molecular weight is 348 g/mol. The zero-order valence-electron chi connectivity index (χ0n) is 11.4. The van der Waals surface area contributed by atoms with Gasteiger partial charge in [0.15, 0.2) is 8.68 Å². The van der Waals surface area contributed by atoms with Crippen LogP contribution in [0.15, 0.2) is 28.7 Å². The predicted molar refractivity (Wildman–Crippen MR) is 81.2 cm³/mol. The lowest BCUT2D eigenvalue weighted by atomic mass is 10.3. The zero-order valence-corrected chi connectivity index (χ0v) is 13.8. The van der Waals surface area contributed by atoms with Gasteiger partial charge in [-0.3, -0.25) is 0 Å². The van der Waals surface area contributed by atoms with Crippen LogP contribution in [0.3, 0.4) is 0 Å². The van der Waals surface area contributed by atoms with E-state index < -0.39 is 10.0 Å². The molecule has 0 aliphatic heterocycles. The van der Waals surface area contributed by atoms with Gasteiger partial charge in [-0.25, -0.2) is 23.1 Å². The van der Waals surface area contributed by atoms with Gasteiger partial charge in [-0.15, -0.1) is 0 Å². The van der Waals surface area contributed by atoms with Crippen molar-refractivity contribution in [2.75, 3.05) is 0 Å². The minimum Gasteiger partial charge on any atom is -0.475 e. The average Bonchev–Trinajstić information content (AvgIpc) is 2.85. The van der Waals surface area contributed by atoms with Gasteiger partial charge < -0.3 is 4.74 Å². The van der Waals surface area contributed by atoms with Crippen LogP contribution >= 0.6 is 22.9 Å². The van der Waals surface area contributed by atoms with Crippen LogP contribution in [0.4, 0.5) is 0 Å². The van der Waals surface area contributed by atoms with Gasteiger partial charge in [-0.1, -0.05) is 29.0 Å². The van der Waals surface area contributed by atoms with Crippen LogP contribution in [0, 0.1) is 0 Å². The molecule has 6 nitrogen and oxygen atoms in total. The summed E-state index contributed by atoms with van der Waals surface area (Å²) in [5, 5.41) is 0. The van der Waals surface area contributed by atoms with Crippen molar-refractivity contribution in [2.45, 2.75) is 30.7 Å². The number of nitrogens with one attached hydrogen (secondary N) is 1. The molecule has 0 unspecified atom stereocenters. The largest absolute Gasteiger partial charge is 0.475 e. The van der Waals surface area contributed by atoms with Crippen molar-refractivity contribution < 1.29 is 13.2 Å². The molecule has 2 aromatic heterocycles. The van der Waals surface area contributed by atoms with Gasteiger partial charge >= 0.3 is 0 Å². The van der Waals surface area contributed by atoms with E-state index in [-0.39, 0.29) is 21.3 Å². The van der Waals surface area contributed by atoms with Gasteiger partial charge in [0.1, 0.15) is 0 Å². The van der Waals surface area contributed by atoms with E-state index in [1.165, 1.54) is 6.20 Å². The number of hydrogen-bond acceptors (Lipinski definition) is 6. The summed E-state index contributed by atoms with van der Waals surface area (Å²) >= 11 is 6.55. The first-order valence-electron chi connectivity index (χ1n) is 6.10. The number of aromatic nitrogens is 2. The fourth-order valence-corrected chi connectivity index (χ4v) is 3.84. The Morgan fingerprint density at radius 2 is 2.19 bits per heavy atom. The normalized spacial score (nSPS) is 11.8. The van der Waals surface area contributed by atoms with Gasteiger partial charge in [0.25, 0.3) is 10.0 Å². The summed E-state index contributed by atoms with van der Waals surface area (Å²) in [5.74, 6) is 0.414. The molecule has 0 aliphatic carbocycles. The van der Waals surface area contributed by atoms with Gasteiger partial charge in [-0.2, -0.15) is 0 Å². The van der Waals surface area contributed by atoms with Crippen LogP contribution < -0.4 is 9.46 Å². The fourth-order valence-electron chi connectivity index (χ4n) is 1.50. The number of hydrogen-bond donors (Lipinski definition) is 1. The Morgan fingerprint density at radius 3 is 2.81 bits per heavy atom. The highest BCUT2D eigenvalue weighted by atomic mass is 35.5. The third-order valence-electron chi connectivity index (χ3n) is 2.37. The Labute approximate surface area is 132 Å². The minimum absolute atomic E-state index is 0.0458. The Kier molecular flexibility index (Phi) is 5.15. The number of thiazole rings is 1. The summed E-state index contributed by atoms with van der Waals surface area (Å²) in [6.45, 7) is 3.83. The molecule has 114 valence electrons. The van der Waals surface area contributed by atoms with Gasteiger partial charge in [0.05, 0.1) is 12.3 Å². The van der Waals surface area contributed by atoms with E-state index >= 15 is 0 Å². The summed E-state index contributed by atoms with van der Waals surface area (Å²) in [7, 11) is -3.64. The molecule has 2 aromatic rings. The van der Waals surface area contributed by atoms with Crippen LogP contribution in [-0.2, 0) is 16.6 Å². The highest BCUT2D eigenvalue weighted by Gasteiger charge is 2.18. The molecule has 0 radical (unpaired) electrons. The lowest BCUT2D eigenvalue weighted by Gasteiger charge is -2.13. The summed E-state index contributed by atoms with van der Waals surface area (Å²) in [6, 6.07) is 3.48. The lowest BCUT2D eigenvalue weighted by Crippen LogP contribution is -2.23. The maximum atomic E-state index is 12.1. The van der Waals surface area contributed by atoms with Crippen molar-refractivity contribution in [3.8, 4) is 5.88 Å². The SMILES string of the molecule is CC(C)Oc1ncccc1CNS(=O)(=O)c1cnc(Cl)s1. The summed E-state index contributed by atoms with van der Waals surface area (Å²) in [4.78, 5) is 7.83. The van der Waals surface area contributed by atoms with E-state index in [1.54, 1.807) is 18.3 Å². The second-order valence-electron chi connectivity index (χ2n) is 4.39. The third kappa shape index (κ3) is 4.37. The number of sulfonamides is 1. The molecule has 0 aliphatic rings. The van der Waals surface area contributed by atoms with E-state index in [0.717, 1.165) is 11.3 Å². The van der Waals surface area contributed by atoms with E-state index in [0.29, 0.717) is 11.4 Å². The monoisotopic (exact) mass is 347 g/mol. The molecule has 0 amide bonds. The van der Waals surface area contributed by atoms with Crippen LogP contribution in [0.25, 0.3) is 0 Å². The molecule has 9 heteroatoms. The van der Waals surface area contributed by atoms with Crippen LogP contribution in [0.5, 0.6) is 5.88 Å². The summed E-state index contributed by atoms with van der Waals surface area (Å²) in [6.07, 6.45) is 2.78. The Morgan fingerprint density at radius 1 is 1.43 bits per heavy atom. The van der Waals surface area contributed by atoms with Crippen LogP contribution in [0.2, 0.25) is 4.47 Å². The maximum absolute atomic E-state index is 12.1. The quantitative estimate of drug-likeness (QED) is 0.868. The Bertz CT molecular complexity index is 716. The second kappa shape index (κ2) is 6.69. The predicted octanol–water partition coefficient (Wildman–Crippen LogP) is 2.46. The second-order valence-corrected chi connectivity index (χ2v) is 8.00. The molecule has 0 saturated carbocycles.